The highest BCUT2D eigenvalue weighted by Crippen LogP contribution is 2.40. The van der Waals surface area contributed by atoms with Crippen LogP contribution in [0.4, 0.5) is 4.79 Å². The summed E-state index contributed by atoms with van der Waals surface area (Å²) in [7, 11) is 0. The zero-order valence-electron chi connectivity index (χ0n) is 17.2. The van der Waals surface area contributed by atoms with Crippen LogP contribution >= 0.6 is 0 Å². The molecule has 0 aliphatic rings. The van der Waals surface area contributed by atoms with Gasteiger partial charge in [-0.05, 0) is 0 Å². The number of aromatic hydroxyl groups is 3. The van der Waals surface area contributed by atoms with E-state index in [4.69, 9.17) is 19.6 Å². The molecule has 0 aliphatic carbocycles. The maximum atomic E-state index is 10.4. The number of phenolic OH excluding ortho intramolecular Hbond substituents is 3. The van der Waals surface area contributed by atoms with Gasteiger partial charge in [-0.3, -0.25) is 4.99 Å². The molecule has 0 aliphatic heterocycles. The maximum Gasteiger partial charge on any atom is 0.404 e. The molecule has 1 amide bonds. The summed E-state index contributed by atoms with van der Waals surface area (Å²) >= 11 is 0. The summed E-state index contributed by atoms with van der Waals surface area (Å²) in [5.74, 6) is -1.19. The number of nitrogens with zero attached hydrogens (tertiary/aromatic N) is 1. The van der Waals surface area contributed by atoms with Crippen LogP contribution in [0.5, 0.6) is 17.2 Å². The highest BCUT2D eigenvalue weighted by Gasteiger charge is 2.16. The van der Waals surface area contributed by atoms with Crippen molar-refractivity contribution in [3.63, 3.8) is 0 Å². The monoisotopic (exact) mass is 444 g/mol. The summed E-state index contributed by atoms with van der Waals surface area (Å²) in [5.41, 5.74) is 5.79. The second-order valence-electron chi connectivity index (χ2n) is 6.60. The summed E-state index contributed by atoms with van der Waals surface area (Å²) in [6.45, 7) is 1.45. The van der Waals surface area contributed by atoms with Crippen molar-refractivity contribution >= 4 is 17.1 Å². The molecule has 32 heavy (non-hydrogen) atoms. The lowest BCUT2D eigenvalue weighted by molar-refractivity contribution is 0.0313. The van der Waals surface area contributed by atoms with Gasteiger partial charge in [-0.15, -0.1) is 0 Å². The van der Waals surface area contributed by atoms with Crippen molar-refractivity contribution in [3.8, 4) is 28.6 Å². The van der Waals surface area contributed by atoms with E-state index < -0.39 is 23.3 Å². The molecule has 1 heterocycles. The molecule has 0 fully saturated rings. The van der Waals surface area contributed by atoms with E-state index >= 15 is 0 Å². The summed E-state index contributed by atoms with van der Waals surface area (Å²) in [5, 5.41) is 30.7. The van der Waals surface area contributed by atoms with Crippen LogP contribution in [0.25, 0.3) is 22.3 Å². The number of rotatable bonds is 10. The molecule has 0 saturated heterocycles. The maximum absolute atomic E-state index is 10.4. The van der Waals surface area contributed by atoms with E-state index in [0.29, 0.717) is 24.3 Å². The summed E-state index contributed by atoms with van der Waals surface area (Å²) in [4.78, 5) is 14.9. The van der Waals surface area contributed by atoms with Crippen LogP contribution in [0.2, 0.25) is 0 Å². The molecular weight excluding hydrogens is 420 g/mol. The minimum atomic E-state index is -0.849. The predicted octanol–water partition coefficient (Wildman–Crippen LogP) is 2.25. The zero-order chi connectivity index (χ0) is 22.9. The van der Waals surface area contributed by atoms with Gasteiger partial charge in [0.15, 0.2) is 11.5 Å². The number of amides is 1. The Morgan fingerprint density at radius 3 is 2.34 bits per heavy atom. The summed E-state index contributed by atoms with van der Waals surface area (Å²) < 4.78 is 21.1. The first-order valence-corrected chi connectivity index (χ1v) is 9.82. The summed E-state index contributed by atoms with van der Waals surface area (Å²) in [6.07, 6.45) is -0.849. The number of hydrogen-bond acceptors (Lipinski definition) is 9. The number of carbonyl (C=O) groups is 1. The molecule has 3 aromatic rings. The van der Waals surface area contributed by atoms with E-state index in [1.165, 1.54) is 6.07 Å². The smallest absolute Gasteiger partial charge is 0.404 e. The van der Waals surface area contributed by atoms with E-state index in [1.807, 2.05) is 30.3 Å². The predicted molar refractivity (Wildman–Crippen MR) is 114 cm³/mol. The van der Waals surface area contributed by atoms with Crippen LogP contribution < -0.4 is 11.1 Å². The second-order valence-corrected chi connectivity index (χ2v) is 6.60. The SMILES string of the molecule is NC(=O)OCCOCCOCC/N=c1/cc(-c2ccccc2)oc2cc(O)c(O)c(O)c12. The molecule has 0 unspecified atom stereocenters. The van der Waals surface area contributed by atoms with E-state index in [2.05, 4.69) is 9.73 Å². The van der Waals surface area contributed by atoms with Gasteiger partial charge in [-0.2, -0.15) is 0 Å². The number of carbonyl (C=O) groups excluding carboxylic acids is 1. The van der Waals surface area contributed by atoms with Crippen molar-refractivity contribution in [1.29, 1.82) is 0 Å². The van der Waals surface area contributed by atoms with Crippen molar-refractivity contribution in [2.24, 2.45) is 10.7 Å². The molecule has 0 saturated carbocycles. The van der Waals surface area contributed by atoms with Crippen molar-refractivity contribution < 1.29 is 38.7 Å². The van der Waals surface area contributed by atoms with Crippen LogP contribution in [-0.4, -0.2) is 61.0 Å². The Labute approximate surface area is 183 Å². The molecule has 2 aromatic carbocycles. The number of primary amides is 1. The van der Waals surface area contributed by atoms with Gasteiger partial charge in [0.1, 0.15) is 18.0 Å². The van der Waals surface area contributed by atoms with Crippen molar-refractivity contribution in [2.75, 3.05) is 39.6 Å². The fraction of sp³-hybridized carbons (Fsp3) is 0.273. The lowest BCUT2D eigenvalue weighted by Crippen LogP contribution is -2.17. The van der Waals surface area contributed by atoms with Gasteiger partial charge in [-0.1, -0.05) is 30.3 Å². The van der Waals surface area contributed by atoms with E-state index in [9.17, 15) is 20.1 Å². The number of ether oxygens (including phenoxy) is 3. The third-order valence-electron chi connectivity index (χ3n) is 4.38. The second kappa shape index (κ2) is 11.0. The third-order valence-corrected chi connectivity index (χ3v) is 4.38. The molecular formula is C22H24N2O8. The molecule has 170 valence electrons. The molecule has 1 aromatic heterocycles. The van der Waals surface area contributed by atoms with Gasteiger partial charge in [0.25, 0.3) is 0 Å². The van der Waals surface area contributed by atoms with E-state index in [1.54, 1.807) is 6.07 Å². The van der Waals surface area contributed by atoms with Gasteiger partial charge in [-0.25, -0.2) is 4.79 Å². The topological polar surface area (TPSA) is 157 Å². The zero-order valence-corrected chi connectivity index (χ0v) is 17.2. The van der Waals surface area contributed by atoms with Crippen LogP contribution in [0, 0.1) is 0 Å². The van der Waals surface area contributed by atoms with Crippen molar-refractivity contribution in [3.05, 3.63) is 47.8 Å². The molecule has 10 heteroatoms. The lowest BCUT2D eigenvalue weighted by Gasteiger charge is -2.09. The van der Waals surface area contributed by atoms with Gasteiger partial charge < -0.3 is 39.7 Å². The Balaban J connectivity index is 1.71. The number of phenols is 3. The van der Waals surface area contributed by atoms with Gasteiger partial charge in [0, 0.05) is 17.7 Å². The normalized spacial score (nSPS) is 11.7. The quantitative estimate of drug-likeness (QED) is 0.274. The van der Waals surface area contributed by atoms with Crippen LogP contribution in [0.15, 0.2) is 51.9 Å². The molecule has 0 atom stereocenters. The Morgan fingerprint density at radius 2 is 1.62 bits per heavy atom. The minimum absolute atomic E-state index is 0.0758. The Hall–Kier alpha value is -3.76. The molecule has 0 bridgehead atoms. The number of nitrogens with two attached hydrogens (primary N) is 1. The van der Waals surface area contributed by atoms with Crippen LogP contribution in [0.1, 0.15) is 0 Å². The molecule has 3 rings (SSSR count). The Bertz CT molecular complexity index is 1130. The standard InChI is InChI=1S/C22H24N2O8/c23-22(28)31-11-10-30-9-8-29-7-6-24-15-12-17(14-4-2-1-3-5-14)32-18-13-16(25)20(26)21(27)19(15)18/h1-5,12-13,25-27H,6-11H2,(H2,23,28)/b24-15-. The van der Waals surface area contributed by atoms with E-state index in [0.717, 1.165) is 5.56 Å². The molecule has 5 N–H and O–H groups in total. The minimum Gasteiger partial charge on any atom is -0.504 e. The Morgan fingerprint density at radius 1 is 0.938 bits per heavy atom. The van der Waals surface area contributed by atoms with Crippen molar-refractivity contribution in [1.82, 2.24) is 0 Å². The van der Waals surface area contributed by atoms with Gasteiger partial charge >= 0.3 is 6.09 Å². The Kier molecular flexibility index (Phi) is 7.90. The fourth-order valence-electron chi connectivity index (χ4n) is 2.92. The first kappa shape index (κ1) is 22.9. The van der Waals surface area contributed by atoms with Crippen LogP contribution in [-0.2, 0) is 14.2 Å². The molecule has 0 radical (unpaired) electrons. The van der Waals surface area contributed by atoms with Crippen LogP contribution in [0.3, 0.4) is 0 Å². The molecule has 0 spiro atoms. The number of benzene rings is 2. The fourth-order valence-corrected chi connectivity index (χ4v) is 2.92. The third kappa shape index (κ3) is 5.90. The average Bonchev–Trinajstić information content (AvgIpc) is 2.78. The lowest BCUT2D eigenvalue weighted by atomic mass is 10.1. The highest BCUT2D eigenvalue weighted by molar-refractivity contribution is 5.89. The van der Waals surface area contributed by atoms with Gasteiger partial charge in [0.05, 0.1) is 43.7 Å². The van der Waals surface area contributed by atoms with E-state index in [-0.39, 0.29) is 37.3 Å². The number of fused-ring (bicyclic) bond motifs is 1. The van der Waals surface area contributed by atoms with Gasteiger partial charge in [0.2, 0.25) is 5.75 Å². The largest absolute Gasteiger partial charge is 0.504 e. The number of hydrogen-bond donors (Lipinski definition) is 4. The molecule has 10 nitrogen and oxygen atoms in total. The summed E-state index contributed by atoms with van der Waals surface area (Å²) in [6, 6.07) is 12.2. The highest BCUT2D eigenvalue weighted by atomic mass is 16.6. The average molecular weight is 444 g/mol. The first-order chi connectivity index (χ1) is 15.5. The van der Waals surface area contributed by atoms with Crippen molar-refractivity contribution in [2.45, 2.75) is 0 Å². The first-order valence-electron chi connectivity index (χ1n) is 9.82.